The van der Waals surface area contributed by atoms with Crippen LogP contribution in [-0.4, -0.2) is 42.9 Å². The van der Waals surface area contributed by atoms with E-state index in [0.29, 0.717) is 10.7 Å². The molecule has 0 unspecified atom stereocenters. The third-order valence-corrected chi connectivity index (χ3v) is 7.62. The number of carbonyl (C=O) groups is 1. The largest absolute Gasteiger partial charge is 0.416 e. The van der Waals surface area contributed by atoms with Gasteiger partial charge in [-0.05, 0) is 42.3 Å². The summed E-state index contributed by atoms with van der Waals surface area (Å²) in [6, 6.07) is 8.03. The Labute approximate surface area is 177 Å². The molecule has 0 aliphatic carbocycles. The SMILES string of the molecule is Cc1ccc(N2C(=O)N(Cc3cccc(C(F)(F)F)c3)[C@H]3CS(=O)(=O)C[C@@H]32)cc1Cl. The fourth-order valence-corrected chi connectivity index (χ4v) is 6.16. The molecule has 0 bridgehead atoms. The lowest BCUT2D eigenvalue weighted by Crippen LogP contribution is -2.37. The Morgan fingerprint density at radius 2 is 1.80 bits per heavy atom. The molecule has 2 fully saturated rings. The van der Waals surface area contributed by atoms with E-state index in [-0.39, 0.29) is 23.6 Å². The number of hydrogen-bond acceptors (Lipinski definition) is 3. The van der Waals surface area contributed by atoms with Crippen LogP contribution in [0.4, 0.5) is 23.7 Å². The van der Waals surface area contributed by atoms with Crippen molar-refractivity contribution >= 4 is 33.2 Å². The van der Waals surface area contributed by atoms with Gasteiger partial charge in [0.2, 0.25) is 0 Å². The highest BCUT2D eigenvalue weighted by molar-refractivity contribution is 7.91. The number of aryl methyl sites for hydroxylation is 1. The molecule has 2 aromatic carbocycles. The highest BCUT2D eigenvalue weighted by Crippen LogP contribution is 2.37. The molecule has 5 nitrogen and oxygen atoms in total. The third kappa shape index (κ3) is 3.76. The Kier molecular flexibility index (Phi) is 5.01. The Morgan fingerprint density at radius 3 is 2.47 bits per heavy atom. The zero-order chi connectivity index (χ0) is 21.8. The molecule has 2 aromatic rings. The zero-order valence-electron chi connectivity index (χ0n) is 15.9. The third-order valence-electron chi connectivity index (χ3n) is 5.52. The van der Waals surface area contributed by atoms with Gasteiger partial charge < -0.3 is 4.90 Å². The first kappa shape index (κ1) is 21.0. The van der Waals surface area contributed by atoms with Gasteiger partial charge in [0.1, 0.15) is 0 Å². The number of carbonyl (C=O) groups excluding carboxylic acids is 1. The first-order valence-electron chi connectivity index (χ1n) is 9.19. The molecule has 160 valence electrons. The van der Waals surface area contributed by atoms with Gasteiger partial charge in [-0.25, -0.2) is 13.2 Å². The number of urea groups is 1. The van der Waals surface area contributed by atoms with Crippen LogP contribution in [0.5, 0.6) is 0 Å². The average Bonchev–Trinajstić information content (AvgIpc) is 3.08. The van der Waals surface area contributed by atoms with Crippen LogP contribution in [-0.2, 0) is 22.6 Å². The minimum absolute atomic E-state index is 0.116. The number of anilines is 1. The molecule has 30 heavy (non-hydrogen) atoms. The second-order valence-corrected chi connectivity index (χ2v) is 10.2. The van der Waals surface area contributed by atoms with Crippen molar-refractivity contribution in [2.75, 3.05) is 16.4 Å². The standard InChI is InChI=1S/C20H18ClF3N2O3S/c1-12-5-6-15(8-16(12)21)26-18-11-30(28,29)10-17(18)25(19(26)27)9-13-3-2-4-14(7-13)20(22,23)24/h2-8,17-18H,9-11H2,1H3/t17-,18-/m0/s1. The number of benzene rings is 2. The van der Waals surface area contributed by atoms with E-state index in [1.807, 2.05) is 0 Å². The highest BCUT2D eigenvalue weighted by atomic mass is 35.5. The summed E-state index contributed by atoms with van der Waals surface area (Å²) in [4.78, 5) is 15.9. The minimum atomic E-state index is -4.51. The van der Waals surface area contributed by atoms with Gasteiger partial charge in [-0.1, -0.05) is 29.8 Å². The average molecular weight is 459 g/mol. The van der Waals surface area contributed by atoms with E-state index in [1.165, 1.54) is 21.9 Å². The second kappa shape index (κ2) is 7.16. The quantitative estimate of drug-likeness (QED) is 0.645. The maximum Gasteiger partial charge on any atom is 0.416 e. The van der Waals surface area contributed by atoms with Crippen molar-refractivity contribution in [1.29, 1.82) is 0 Å². The summed E-state index contributed by atoms with van der Waals surface area (Å²) >= 11 is 6.19. The van der Waals surface area contributed by atoms with Crippen LogP contribution in [0.15, 0.2) is 42.5 Å². The molecule has 0 spiro atoms. The van der Waals surface area contributed by atoms with Crippen LogP contribution < -0.4 is 4.90 Å². The maximum absolute atomic E-state index is 13.2. The van der Waals surface area contributed by atoms with Crippen LogP contribution >= 0.6 is 11.6 Å². The van der Waals surface area contributed by atoms with Crippen molar-refractivity contribution in [3.05, 3.63) is 64.2 Å². The van der Waals surface area contributed by atoms with E-state index in [2.05, 4.69) is 0 Å². The van der Waals surface area contributed by atoms with E-state index in [4.69, 9.17) is 11.6 Å². The van der Waals surface area contributed by atoms with Crippen LogP contribution in [0, 0.1) is 6.92 Å². The summed E-state index contributed by atoms with van der Waals surface area (Å²) in [6.45, 7) is 1.69. The van der Waals surface area contributed by atoms with Gasteiger partial charge in [-0.3, -0.25) is 4.90 Å². The fraction of sp³-hybridized carbons (Fsp3) is 0.350. The molecule has 2 saturated heterocycles. The van der Waals surface area contributed by atoms with Crippen molar-refractivity contribution in [3.8, 4) is 0 Å². The Bertz CT molecular complexity index is 1120. The molecule has 10 heteroatoms. The van der Waals surface area contributed by atoms with Gasteiger partial charge in [0.05, 0.1) is 29.2 Å². The number of fused-ring (bicyclic) bond motifs is 1. The number of sulfone groups is 1. The first-order valence-corrected chi connectivity index (χ1v) is 11.4. The highest BCUT2D eigenvalue weighted by Gasteiger charge is 2.53. The van der Waals surface area contributed by atoms with Crippen LogP contribution in [0.2, 0.25) is 5.02 Å². The van der Waals surface area contributed by atoms with Crippen molar-refractivity contribution in [2.24, 2.45) is 0 Å². The summed E-state index contributed by atoms with van der Waals surface area (Å²) in [5.41, 5.74) is 0.743. The first-order chi connectivity index (χ1) is 14.0. The maximum atomic E-state index is 13.2. The predicted octanol–water partition coefficient (Wildman–Crippen LogP) is 4.28. The lowest BCUT2D eigenvalue weighted by Gasteiger charge is -2.23. The van der Waals surface area contributed by atoms with Gasteiger partial charge in [-0.2, -0.15) is 13.2 Å². The Balaban J connectivity index is 1.70. The summed E-state index contributed by atoms with van der Waals surface area (Å²) in [5, 5.41) is 0.439. The van der Waals surface area contributed by atoms with E-state index in [9.17, 15) is 26.4 Å². The number of halogens is 4. The fourth-order valence-electron chi connectivity index (χ4n) is 4.04. The molecule has 0 N–H and O–H groups in total. The normalized spacial score (nSPS) is 23.2. The number of hydrogen-bond donors (Lipinski definition) is 0. The topological polar surface area (TPSA) is 57.7 Å². The van der Waals surface area contributed by atoms with Crippen LogP contribution in [0.1, 0.15) is 16.7 Å². The van der Waals surface area contributed by atoms with Crippen molar-refractivity contribution in [1.82, 2.24) is 4.90 Å². The number of amides is 2. The number of alkyl halides is 3. The smallest absolute Gasteiger partial charge is 0.314 e. The van der Waals surface area contributed by atoms with Gasteiger partial charge in [0, 0.05) is 17.3 Å². The molecule has 2 amide bonds. The van der Waals surface area contributed by atoms with E-state index < -0.39 is 39.7 Å². The lowest BCUT2D eigenvalue weighted by atomic mass is 10.1. The second-order valence-electron chi connectivity index (χ2n) is 7.62. The minimum Gasteiger partial charge on any atom is -0.314 e. The molecule has 0 aromatic heterocycles. The molecule has 0 radical (unpaired) electrons. The predicted molar refractivity (Wildman–Crippen MR) is 107 cm³/mol. The monoisotopic (exact) mass is 458 g/mol. The molecular weight excluding hydrogens is 441 g/mol. The Morgan fingerprint density at radius 1 is 1.10 bits per heavy atom. The molecular formula is C20H18ClF3N2O3S. The van der Waals surface area contributed by atoms with Gasteiger partial charge >= 0.3 is 12.2 Å². The number of nitrogens with zero attached hydrogens (tertiary/aromatic N) is 2. The van der Waals surface area contributed by atoms with Gasteiger partial charge in [-0.15, -0.1) is 0 Å². The summed E-state index contributed by atoms with van der Waals surface area (Å²) < 4.78 is 63.7. The lowest BCUT2D eigenvalue weighted by molar-refractivity contribution is -0.137. The van der Waals surface area contributed by atoms with E-state index >= 15 is 0 Å². The molecule has 2 heterocycles. The van der Waals surface area contributed by atoms with Crippen molar-refractivity contribution < 1.29 is 26.4 Å². The molecule has 2 aliphatic rings. The summed E-state index contributed by atoms with van der Waals surface area (Å²) in [5.74, 6) is -0.424. The summed E-state index contributed by atoms with van der Waals surface area (Å²) in [6.07, 6.45) is -4.51. The van der Waals surface area contributed by atoms with Crippen molar-refractivity contribution in [3.63, 3.8) is 0 Å². The van der Waals surface area contributed by atoms with Crippen molar-refractivity contribution in [2.45, 2.75) is 31.7 Å². The van der Waals surface area contributed by atoms with Gasteiger partial charge in [0.15, 0.2) is 9.84 Å². The molecule has 2 atom stereocenters. The number of rotatable bonds is 3. The van der Waals surface area contributed by atoms with E-state index in [0.717, 1.165) is 17.7 Å². The Hall–Kier alpha value is -2.26. The molecule has 0 saturated carbocycles. The van der Waals surface area contributed by atoms with Crippen LogP contribution in [0.25, 0.3) is 0 Å². The molecule has 2 aliphatic heterocycles. The van der Waals surface area contributed by atoms with Gasteiger partial charge in [0.25, 0.3) is 0 Å². The molecule has 4 rings (SSSR count). The van der Waals surface area contributed by atoms with E-state index in [1.54, 1.807) is 25.1 Å². The zero-order valence-corrected chi connectivity index (χ0v) is 17.4. The summed E-state index contributed by atoms with van der Waals surface area (Å²) in [7, 11) is -3.39. The van der Waals surface area contributed by atoms with Crippen LogP contribution in [0.3, 0.4) is 0 Å².